The summed E-state index contributed by atoms with van der Waals surface area (Å²) in [6.45, 7) is 0. The van der Waals surface area contributed by atoms with Crippen molar-refractivity contribution in [1.82, 2.24) is 9.13 Å². The third-order valence-electron chi connectivity index (χ3n) is 13.3. The molecule has 0 saturated heterocycles. The summed E-state index contributed by atoms with van der Waals surface area (Å²) in [5.41, 5.74) is 11.1. The van der Waals surface area contributed by atoms with Crippen LogP contribution < -0.4 is 0 Å². The highest BCUT2D eigenvalue weighted by Gasteiger charge is 2.24. The summed E-state index contributed by atoms with van der Waals surface area (Å²) in [6, 6.07) is 75.5. The van der Waals surface area contributed by atoms with E-state index in [1.807, 2.05) is 0 Å². The molecule has 0 spiro atoms. The molecular weight excluding hydrogens is 741 g/mol. The van der Waals surface area contributed by atoms with Crippen molar-refractivity contribution in [2.45, 2.75) is 0 Å². The van der Waals surface area contributed by atoms with Crippen LogP contribution in [0.5, 0.6) is 0 Å². The number of furan rings is 1. The molecule has 0 atom stereocenters. The molecule has 0 unspecified atom stereocenters. The lowest BCUT2D eigenvalue weighted by Gasteiger charge is -2.13. The Bertz CT molecular complexity index is 4130. The molecule has 0 radical (unpaired) electrons. The van der Waals surface area contributed by atoms with Crippen molar-refractivity contribution >= 4 is 109 Å². The molecule has 3 heterocycles. The van der Waals surface area contributed by atoms with Crippen molar-refractivity contribution in [3.05, 3.63) is 206 Å². The normalized spacial score (nSPS) is 12.3. The minimum absolute atomic E-state index is 0.903. The Balaban J connectivity index is 1.04. The summed E-state index contributed by atoms with van der Waals surface area (Å²) in [5.74, 6) is 0. The molecule has 0 N–H and O–H groups in total. The zero-order valence-corrected chi connectivity index (χ0v) is 32.9. The van der Waals surface area contributed by atoms with Crippen molar-refractivity contribution in [2.75, 3.05) is 0 Å². The summed E-state index contributed by atoms with van der Waals surface area (Å²) in [5, 5.41) is 17.2. The number of aromatic nitrogens is 2. The third-order valence-corrected chi connectivity index (χ3v) is 13.3. The molecule has 3 heteroatoms. The molecule has 0 fully saturated rings. The number of nitrogens with zero attached hydrogens (tertiary/aromatic N) is 2. The van der Waals surface area contributed by atoms with Gasteiger partial charge in [-0.1, -0.05) is 140 Å². The second-order valence-corrected chi connectivity index (χ2v) is 16.4. The van der Waals surface area contributed by atoms with Crippen molar-refractivity contribution < 1.29 is 4.42 Å². The lowest BCUT2D eigenvalue weighted by molar-refractivity contribution is 0.673. The second-order valence-electron chi connectivity index (χ2n) is 16.4. The Morgan fingerprint density at radius 1 is 0.295 bits per heavy atom. The molecule has 0 aliphatic carbocycles. The largest absolute Gasteiger partial charge is 0.455 e. The summed E-state index contributed by atoms with van der Waals surface area (Å²) < 4.78 is 11.7. The van der Waals surface area contributed by atoms with Gasteiger partial charge in [0.15, 0.2) is 0 Å². The van der Waals surface area contributed by atoms with Gasteiger partial charge in [-0.05, 0) is 121 Å². The molecule has 14 aromatic rings. The number of hydrogen-bond acceptors (Lipinski definition) is 1. The summed E-state index contributed by atoms with van der Waals surface area (Å²) in [7, 11) is 0. The Hall–Kier alpha value is -8.14. The Kier molecular flexibility index (Phi) is 6.56. The van der Waals surface area contributed by atoms with Crippen molar-refractivity contribution in [1.29, 1.82) is 0 Å². The van der Waals surface area contributed by atoms with E-state index in [1.54, 1.807) is 0 Å². The van der Waals surface area contributed by atoms with Crippen LogP contribution >= 0.6 is 0 Å². The SMILES string of the molecule is c1ccc2cc(-n3c4ccccc4c4c3ccc3c5c6oc7ccccc7c6ccc5n(-c5ccc(-c6ccc7c8ccccc8c8ccccc8c7c6)cc5)c34)ccc2c1. The van der Waals surface area contributed by atoms with E-state index >= 15 is 0 Å². The second kappa shape index (κ2) is 12.2. The van der Waals surface area contributed by atoms with Crippen LogP contribution in [0.2, 0.25) is 0 Å². The minimum atomic E-state index is 0.903. The van der Waals surface area contributed by atoms with Gasteiger partial charge in [-0.15, -0.1) is 0 Å². The summed E-state index contributed by atoms with van der Waals surface area (Å²) >= 11 is 0. The van der Waals surface area contributed by atoms with E-state index in [9.17, 15) is 0 Å². The molecule has 0 bridgehead atoms. The zero-order chi connectivity index (χ0) is 39.8. The standard InChI is InChI=1S/C58H34N2O/c1-2-12-37-33-40(27-23-35(37)11-1)59-51-19-9-7-18-48(51)55-52(59)32-30-49-56-53(31-29-47-46-17-8-10-20-54(46)61-58(47)56)60(57(49)55)39-25-21-36(22-26-39)38-24-28-45-43-15-4-3-13-41(43)42-14-5-6-16-44(42)50(45)34-38/h1-34H. The average molecular weight is 775 g/mol. The first-order valence-electron chi connectivity index (χ1n) is 21.0. The van der Waals surface area contributed by atoms with Crippen molar-refractivity contribution in [3.63, 3.8) is 0 Å². The van der Waals surface area contributed by atoms with Gasteiger partial charge in [0.1, 0.15) is 11.2 Å². The number of benzene rings is 11. The molecule has 0 amide bonds. The van der Waals surface area contributed by atoms with Gasteiger partial charge >= 0.3 is 0 Å². The van der Waals surface area contributed by atoms with E-state index < -0.39 is 0 Å². The highest BCUT2D eigenvalue weighted by molar-refractivity contribution is 6.31. The van der Waals surface area contributed by atoms with Gasteiger partial charge < -0.3 is 13.6 Å². The first-order valence-corrected chi connectivity index (χ1v) is 21.0. The van der Waals surface area contributed by atoms with Gasteiger partial charge in [-0.25, -0.2) is 0 Å². The lowest BCUT2D eigenvalue weighted by atomic mass is 9.92. The van der Waals surface area contributed by atoms with Crippen molar-refractivity contribution in [3.8, 4) is 22.5 Å². The molecule has 0 saturated carbocycles. The maximum absolute atomic E-state index is 6.79. The minimum Gasteiger partial charge on any atom is -0.455 e. The Labute approximate surface area is 349 Å². The Morgan fingerprint density at radius 2 is 0.852 bits per heavy atom. The fraction of sp³-hybridized carbons (Fsp3) is 0. The van der Waals surface area contributed by atoms with Crippen LogP contribution in [0.4, 0.5) is 0 Å². The molecular formula is C58H34N2O. The zero-order valence-electron chi connectivity index (χ0n) is 32.9. The molecule has 0 aliphatic rings. The van der Waals surface area contributed by atoms with Crippen molar-refractivity contribution in [2.24, 2.45) is 0 Å². The quantitative estimate of drug-likeness (QED) is 0.164. The molecule has 14 rings (SSSR count). The average Bonchev–Trinajstić information content (AvgIpc) is 3.99. The van der Waals surface area contributed by atoms with Crippen LogP contribution in [0.15, 0.2) is 211 Å². The smallest absolute Gasteiger partial charge is 0.145 e. The van der Waals surface area contributed by atoms with Gasteiger partial charge in [0.05, 0.1) is 27.5 Å². The van der Waals surface area contributed by atoms with Gasteiger partial charge in [0.25, 0.3) is 0 Å². The van der Waals surface area contributed by atoms with E-state index in [-0.39, 0.29) is 0 Å². The van der Waals surface area contributed by atoms with Crippen LogP contribution in [-0.4, -0.2) is 9.13 Å². The van der Waals surface area contributed by atoms with E-state index in [2.05, 4.69) is 215 Å². The fourth-order valence-electron chi connectivity index (χ4n) is 10.6. The topological polar surface area (TPSA) is 23.0 Å². The number of fused-ring (bicyclic) bond motifs is 18. The first kappa shape index (κ1) is 32.8. The van der Waals surface area contributed by atoms with Crippen LogP contribution in [0.25, 0.3) is 131 Å². The third kappa shape index (κ3) is 4.52. The highest BCUT2D eigenvalue weighted by Crippen LogP contribution is 2.46. The van der Waals surface area contributed by atoms with Crippen LogP contribution in [-0.2, 0) is 0 Å². The number of rotatable bonds is 3. The summed E-state index contributed by atoms with van der Waals surface area (Å²) in [4.78, 5) is 0. The van der Waals surface area contributed by atoms with E-state index in [1.165, 1.54) is 86.9 Å². The fourth-order valence-corrected chi connectivity index (χ4v) is 10.6. The molecule has 282 valence electrons. The molecule has 0 aliphatic heterocycles. The van der Waals surface area contributed by atoms with Gasteiger partial charge in [0, 0.05) is 38.3 Å². The molecule has 3 nitrogen and oxygen atoms in total. The molecule has 11 aromatic carbocycles. The lowest BCUT2D eigenvalue weighted by Crippen LogP contribution is -1.95. The predicted octanol–water partition coefficient (Wildman–Crippen LogP) is 16.1. The van der Waals surface area contributed by atoms with Crippen LogP contribution in [0.3, 0.4) is 0 Å². The van der Waals surface area contributed by atoms with Gasteiger partial charge in [-0.3, -0.25) is 0 Å². The molecule has 61 heavy (non-hydrogen) atoms. The first-order chi connectivity index (χ1) is 30.3. The van der Waals surface area contributed by atoms with E-state index in [0.29, 0.717) is 0 Å². The summed E-state index contributed by atoms with van der Waals surface area (Å²) in [6.07, 6.45) is 0. The van der Waals surface area contributed by atoms with E-state index in [0.717, 1.165) is 44.2 Å². The maximum Gasteiger partial charge on any atom is 0.145 e. The van der Waals surface area contributed by atoms with Gasteiger partial charge in [-0.2, -0.15) is 0 Å². The monoisotopic (exact) mass is 774 g/mol. The Morgan fingerprint density at radius 3 is 1.62 bits per heavy atom. The van der Waals surface area contributed by atoms with E-state index in [4.69, 9.17) is 4.42 Å². The molecule has 3 aromatic heterocycles. The van der Waals surface area contributed by atoms with Crippen LogP contribution in [0, 0.1) is 0 Å². The number of hydrogen-bond donors (Lipinski definition) is 0. The van der Waals surface area contributed by atoms with Gasteiger partial charge in [0.2, 0.25) is 0 Å². The van der Waals surface area contributed by atoms with Crippen LogP contribution in [0.1, 0.15) is 0 Å². The number of para-hydroxylation sites is 2. The highest BCUT2D eigenvalue weighted by atomic mass is 16.3. The predicted molar refractivity (Wildman–Crippen MR) is 258 cm³/mol. The maximum atomic E-state index is 6.79.